The Morgan fingerprint density at radius 2 is 2.00 bits per heavy atom. The summed E-state index contributed by atoms with van der Waals surface area (Å²) in [5.41, 5.74) is 2.83. The third-order valence-electron chi connectivity index (χ3n) is 3.06. The maximum absolute atomic E-state index is 12.9. The van der Waals surface area contributed by atoms with Crippen molar-refractivity contribution in [2.45, 2.75) is 13.1 Å². The molecule has 2 N–H and O–H groups in total. The molecule has 3 rings (SSSR count). The van der Waals surface area contributed by atoms with Crippen LogP contribution in [0.2, 0.25) is 5.02 Å². The molecule has 0 saturated heterocycles. The van der Waals surface area contributed by atoms with Gasteiger partial charge in [0.25, 0.3) is 0 Å². The maximum Gasteiger partial charge on any atom is 0.124 e. The molecule has 1 aromatic heterocycles. The van der Waals surface area contributed by atoms with Crippen LogP contribution in [-0.2, 0) is 13.1 Å². The van der Waals surface area contributed by atoms with E-state index in [-0.39, 0.29) is 5.82 Å². The van der Waals surface area contributed by atoms with Gasteiger partial charge in [-0.1, -0.05) is 29.8 Å². The fraction of sp³-hybridized carbons (Fsp3) is 0.133. The lowest BCUT2D eigenvalue weighted by Crippen LogP contribution is -2.14. The maximum atomic E-state index is 12.9. The third kappa shape index (κ3) is 2.81. The molecule has 0 bridgehead atoms. The topological polar surface area (TPSA) is 40.7 Å². The Morgan fingerprint density at radius 3 is 2.80 bits per heavy atom. The third-order valence-corrected chi connectivity index (χ3v) is 3.41. The summed E-state index contributed by atoms with van der Waals surface area (Å²) < 4.78 is 12.9. The second-order valence-electron chi connectivity index (χ2n) is 4.54. The lowest BCUT2D eigenvalue weighted by Gasteiger charge is -2.05. The Morgan fingerprint density at radius 1 is 1.15 bits per heavy atom. The molecule has 0 saturated carbocycles. The molecular weight excluding hydrogens is 277 g/mol. The summed E-state index contributed by atoms with van der Waals surface area (Å²) in [4.78, 5) is 7.71. The Balaban J connectivity index is 1.64. The quantitative estimate of drug-likeness (QED) is 0.770. The molecule has 0 aliphatic heterocycles. The van der Waals surface area contributed by atoms with Crippen molar-refractivity contribution >= 4 is 22.6 Å². The highest BCUT2D eigenvalue weighted by Crippen LogP contribution is 2.17. The molecule has 1 heterocycles. The summed E-state index contributed by atoms with van der Waals surface area (Å²) in [6.07, 6.45) is 0. The van der Waals surface area contributed by atoms with E-state index in [1.165, 1.54) is 12.1 Å². The Hall–Kier alpha value is -1.91. The van der Waals surface area contributed by atoms with Crippen molar-refractivity contribution in [1.82, 2.24) is 15.3 Å². The van der Waals surface area contributed by atoms with Gasteiger partial charge in [0.15, 0.2) is 0 Å². The number of hydrogen-bond acceptors (Lipinski definition) is 2. The average molecular weight is 290 g/mol. The first-order valence-corrected chi connectivity index (χ1v) is 6.68. The lowest BCUT2D eigenvalue weighted by molar-refractivity contribution is 0.624. The molecule has 0 spiro atoms. The van der Waals surface area contributed by atoms with Crippen LogP contribution in [0.3, 0.4) is 0 Å². The van der Waals surface area contributed by atoms with Gasteiger partial charge in [0.2, 0.25) is 0 Å². The average Bonchev–Trinajstić information content (AvgIpc) is 2.84. The molecule has 20 heavy (non-hydrogen) atoms. The molecule has 0 aliphatic carbocycles. The summed E-state index contributed by atoms with van der Waals surface area (Å²) >= 11 is 5.97. The summed E-state index contributed by atoms with van der Waals surface area (Å²) in [6.45, 7) is 1.17. The zero-order valence-corrected chi connectivity index (χ0v) is 11.4. The van der Waals surface area contributed by atoms with Gasteiger partial charge in [-0.15, -0.1) is 0 Å². The SMILES string of the molecule is Fc1ccc(CNCc2nc3ccccc3[nH]2)c(Cl)c1. The normalized spacial score (nSPS) is 11.1. The number of nitrogens with one attached hydrogen (secondary N) is 2. The number of nitrogens with zero attached hydrogens (tertiary/aromatic N) is 1. The molecule has 2 aromatic carbocycles. The van der Waals surface area contributed by atoms with Gasteiger partial charge in [-0.3, -0.25) is 0 Å². The van der Waals surface area contributed by atoms with Crippen molar-refractivity contribution in [3.63, 3.8) is 0 Å². The zero-order chi connectivity index (χ0) is 13.9. The van der Waals surface area contributed by atoms with E-state index in [1.807, 2.05) is 24.3 Å². The number of halogens is 2. The van der Waals surface area contributed by atoms with Crippen molar-refractivity contribution in [2.24, 2.45) is 0 Å². The Kier molecular flexibility index (Phi) is 3.67. The highest BCUT2D eigenvalue weighted by molar-refractivity contribution is 6.31. The molecule has 0 radical (unpaired) electrons. The number of imidazole rings is 1. The van der Waals surface area contributed by atoms with Gasteiger partial charge < -0.3 is 10.3 Å². The van der Waals surface area contributed by atoms with E-state index in [9.17, 15) is 4.39 Å². The van der Waals surface area contributed by atoms with Crippen LogP contribution in [0.5, 0.6) is 0 Å². The highest BCUT2D eigenvalue weighted by atomic mass is 35.5. The van der Waals surface area contributed by atoms with E-state index in [2.05, 4.69) is 15.3 Å². The highest BCUT2D eigenvalue weighted by Gasteiger charge is 2.04. The molecule has 3 nitrogen and oxygen atoms in total. The molecule has 0 atom stereocenters. The molecule has 3 aromatic rings. The molecule has 102 valence electrons. The standard InChI is InChI=1S/C15H13ClFN3/c16-12-7-11(17)6-5-10(12)8-18-9-15-19-13-3-1-2-4-14(13)20-15/h1-7,18H,8-9H2,(H,19,20). The molecule has 0 aliphatic rings. The summed E-state index contributed by atoms with van der Waals surface area (Å²) in [5.74, 6) is 0.542. The second kappa shape index (κ2) is 5.61. The van der Waals surface area contributed by atoms with Crippen LogP contribution in [0.25, 0.3) is 11.0 Å². The number of aromatic nitrogens is 2. The number of aromatic amines is 1. The van der Waals surface area contributed by atoms with Gasteiger partial charge in [0.05, 0.1) is 17.6 Å². The van der Waals surface area contributed by atoms with E-state index >= 15 is 0 Å². The predicted octanol–water partition coefficient (Wildman–Crippen LogP) is 3.65. The number of hydrogen-bond donors (Lipinski definition) is 2. The fourth-order valence-electron chi connectivity index (χ4n) is 2.07. The van der Waals surface area contributed by atoms with Gasteiger partial charge in [0.1, 0.15) is 11.6 Å². The summed E-state index contributed by atoms with van der Waals surface area (Å²) in [6, 6.07) is 12.3. The van der Waals surface area contributed by atoms with Crippen LogP contribution in [0.1, 0.15) is 11.4 Å². The minimum absolute atomic E-state index is 0.323. The zero-order valence-electron chi connectivity index (χ0n) is 10.7. The predicted molar refractivity (Wildman–Crippen MR) is 78.0 cm³/mol. The van der Waals surface area contributed by atoms with Crippen molar-refractivity contribution in [2.75, 3.05) is 0 Å². The number of para-hydroxylation sites is 2. The van der Waals surface area contributed by atoms with Crippen molar-refractivity contribution in [3.05, 3.63) is 64.7 Å². The Bertz CT molecular complexity index is 706. The van der Waals surface area contributed by atoms with E-state index in [1.54, 1.807) is 6.07 Å². The van der Waals surface area contributed by atoms with Gasteiger partial charge in [-0.2, -0.15) is 0 Å². The molecule has 0 amide bonds. The fourth-order valence-corrected chi connectivity index (χ4v) is 2.30. The van der Waals surface area contributed by atoms with E-state index in [4.69, 9.17) is 11.6 Å². The van der Waals surface area contributed by atoms with Crippen LogP contribution in [-0.4, -0.2) is 9.97 Å². The van der Waals surface area contributed by atoms with Crippen LogP contribution in [0.15, 0.2) is 42.5 Å². The molecular formula is C15H13ClFN3. The van der Waals surface area contributed by atoms with Crippen LogP contribution < -0.4 is 5.32 Å². The van der Waals surface area contributed by atoms with Gasteiger partial charge >= 0.3 is 0 Å². The van der Waals surface area contributed by atoms with E-state index < -0.39 is 0 Å². The first-order valence-electron chi connectivity index (χ1n) is 6.30. The first-order chi connectivity index (χ1) is 9.72. The van der Waals surface area contributed by atoms with Gasteiger partial charge in [-0.05, 0) is 29.8 Å². The second-order valence-corrected chi connectivity index (χ2v) is 4.95. The summed E-state index contributed by atoms with van der Waals surface area (Å²) in [7, 11) is 0. The minimum Gasteiger partial charge on any atom is -0.341 e. The summed E-state index contributed by atoms with van der Waals surface area (Å²) in [5, 5.41) is 3.67. The number of benzene rings is 2. The molecule has 0 fully saturated rings. The van der Waals surface area contributed by atoms with Crippen molar-refractivity contribution < 1.29 is 4.39 Å². The largest absolute Gasteiger partial charge is 0.341 e. The van der Waals surface area contributed by atoms with Crippen LogP contribution in [0.4, 0.5) is 4.39 Å². The van der Waals surface area contributed by atoms with Crippen molar-refractivity contribution in [3.8, 4) is 0 Å². The van der Waals surface area contributed by atoms with E-state index in [0.717, 1.165) is 22.4 Å². The number of rotatable bonds is 4. The van der Waals surface area contributed by atoms with E-state index in [0.29, 0.717) is 18.1 Å². The smallest absolute Gasteiger partial charge is 0.124 e. The van der Waals surface area contributed by atoms with Crippen LogP contribution >= 0.6 is 11.6 Å². The Labute approximate surface area is 120 Å². The minimum atomic E-state index is -0.323. The lowest BCUT2D eigenvalue weighted by atomic mass is 10.2. The number of H-pyrrole nitrogens is 1. The van der Waals surface area contributed by atoms with Gasteiger partial charge in [0, 0.05) is 11.6 Å². The molecule has 0 unspecified atom stereocenters. The monoisotopic (exact) mass is 289 g/mol. The van der Waals surface area contributed by atoms with Crippen molar-refractivity contribution in [1.29, 1.82) is 0 Å². The number of fused-ring (bicyclic) bond motifs is 1. The first kappa shape index (κ1) is 13.1. The van der Waals surface area contributed by atoms with Gasteiger partial charge in [-0.25, -0.2) is 9.37 Å². The molecule has 5 heteroatoms. The van der Waals surface area contributed by atoms with Crippen LogP contribution in [0, 0.1) is 5.82 Å².